The predicted molar refractivity (Wildman–Crippen MR) is 578 cm³/mol. The zero-order valence-corrected chi connectivity index (χ0v) is 83.7. The summed E-state index contributed by atoms with van der Waals surface area (Å²) in [7, 11) is 0. The molecular weight excluding hydrogens is 1630 g/mol. The standard InChI is InChI=1S/C132H147NO2/c1-13-19-25-31-45-75-130(76-46-32-26-20-14-2)106-55-41-37-51-95(106)98-70-63-91(83-114(98)130)90-62-69-97-96-68-61-89(81-109(96)128(9,10)110(97)82-90)88-59-64-92(65-60-88)133(93-66-71-99-104-86-113-105(87-112(104)129(11,12)111(99)84-93)119-108(127(113,7)8)73-74-118-120(119)102-53-39-43-57-116(102)134-118)94-67-72-101-115(85-94)132(79-49-35-29-23-17-5,80-50-36-30-24-18-6)125-123(101)126-122(103-54-40-44-58-117(103)135-126)121-100-52-38-42-56-107(100)131(124(121)125,77-47-33-27-21-15-3)78-48-34-28-22-16-4/h37-44,51-74,81-87H,13-36,45-50,75-80H2,1-12H3. The van der Waals surface area contributed by atoms with E-state index in [1.54, 1.807) is 27.8 Å². The van der Waals surface area contributed by atoms with Gasteiger partial charge in [-0.05, 0) is 274 Å². The smallest absolute Gasteiger partial charge is 0.144 e. The van der Waals surface area contributed by atoms with Gasteiger partial charge in [0.2, 0.25) is 0 Å². The molecule has 0 saturated heterocycles. The molecule has 3 nitrogen and oxygen atoms in total. The van der Waals surface area contributed by atoms with E-state index in [0.29, 0.717) is 0 Å². The normalized spacial score (nSPS) is 15.5. The van der Waals surface area contributed by atoms with Gasteiger partial charge in [0, 0.05) is 76.7 Å². The molecule has 3 heteroatoms. The van der Waals surface area contributed by atoms with E-state index in [0.717, 1.165) is 53.7 Å². The Hall–Kier alpha value is -10.7. The van der Waals surface area contributed by atoms with E-state index < -0.39 is 0 Å². The van der Waals surface area contributed by atoms with Crippen LogP contribution in [0.1, 0.15) is 381 Å². The summed E-state index contributed by atoms with van der Waals surface area (Å²) in [5, 5.41) is 5.01. The Bertz CT molecular complexity index is 6910. The van der Waals surface area contributed by atoms with Crippen LogP contribution in [0.4, 0.5) is 17.1 Å². The van der Waals surface area contributed by atoms with Crippen molar-refractivity contribution in [2.45, 2.75) is 347 Å². The van der Waals surface area contributed by atoms with E-state index in [9.17, 15) is 0 Å². The van der Waals surface area contributed by atoms with Gasteiger partial charge in [-0.2, -0.15) is 0 Å². The van der Waals surface area contributed by atoms with Crippen LogP contribution < -0.4 is 4.90 Å². The summed E-state index contributed by atoms with van der Waals surface area (Å²) in [6, 6.07) is 95.1. The maximum atomic E-state index is 7.78. The highest BCUT2D eigenvalue weighted by Crippen LogP contribution is 2.69. The molecule has 0 fully saturated rings. The summed E-state index contributed by atoms with van der Waals surface area (Å²) in [6.07, 6.45) is 45.0. The number of anilines is 3. The number of benzene rings is 13. The van der Waals surface area contributed by atoms with E-state index in [2.05, 4.69) is 325 Å². The lowest BCUT2D eigenvalue weighted by Gasteiger charge is -2.40. The van der Waals surface area contributed by atoms with Gasteiger partial charge in [-0.3, -0.25) is 0 Å². The van der Waals surface area contributed by atoms with Crippen LogP contribution in [0.25, 0.3) is 133 Å². The Morgan fingerprint density at radius 2 is 0.556 bits per heavy atom. The molecule has 0 amide bonds. The van der Waals surface area contributed by atoms with Crippen molar-refractivity contribution < 1.29 is 8.83 Å². The third kappa shape index (κ3) is 15.2. The zero-order chi connectivity index (χ0) is 92.5. The van der Waals surface area contributed by atoms with Gasteiger partial charge in [0.1, 0.15) is 22.3 Å². The second-order valence-electron chi connectivity index (χ2n) is 44.0. The highest BCUT2D eigenvalue weighted by Gasteiger charge is 2.55. The number of unbranched alkanes of at least 4 members (excludes halogenated alkanes) is 24. The monoisotopic (exact) mass is 1780 g/mol. The van der Waals surface area contributed by atoms with Crippen LogP contribution >= 0.6 is 0 Å². The number of hydrogen-bond acceptors (Lipinski definition) is 3. The van der Waals surface area contributed by atoms with E-state index in [4.69, 9.17) is 8.83 Å². The highest BCUT2D eigenvalue weighted by molar-refractivity contribution is 6.21. The van der Waals surface area contributed by atoms with Crippen molar-refractivity contribution in [2.24, 2.45) is 0 Å². The van der Waals surface area contributed by atoms with Crippen molar-refractivity contribution in [1.29, 1.82) is 0 Å². The predicted octanol–water partition coefficient (Wildman–Crippen LogP) is 40.2. The molecule has 0 unspecified atom stereocenters. The zero-order valence-electron chi connectivity index (χ0n) is 83.7. The number of nitrogens with zero attached hydrogens (tertiary/aromatic N) is 1. The van der Waals surface area contributed by atoms with E-state index in [1.165, 1.54) is 366 Å². The molecule has 15 aromatic rings. The molecule has 692 valence electrons. The Balaban J connectivity index is 0.714. The molecule has 0 atom stereocenters. The lowest BCUT2D eigenvalue weighted by molar-refractivity contribution is 0.369. The second kappa shape index (κ2) is 37.3. The van der Waals surface area contributed by atoms with Gasteiger partial charge in [-0.25, -0.2) is 0 Å². The Morgan fingerprint density at radius 1 is 0.215 bits per heavy atom. The van der Waals surface area contributed by atoms with Crippen LogP contribution in [0.2, 0.25) is 0 Å². The summed E-state index contributed by atoms with van der Waals surface area (Å²) < 4.78 is 14.5. The van der Waals surface area contributed by atoms with Gasteiger partial charge in [0.15, 0.2) is 0 Å². The van der Waals surface area contributed by atoms with E-state index >= 15 is 0 Å². The third-order valence-electron chi connectivity index (χ3n) is 34.7. The van der Waals surface area contributed by atoms with Gasteiger partial charge in [-0.15, -0.1) is 0 Å². The third-order valence-corrected chi connectivity index (χ3v) is 34.7. The molecule has 0 saturated carbocycles. The molecule has 0 N–H and O–H groups in total. The molecule has 0 aliphatic heterocycles. The summed E-state index contributed by atoms with van der Waals surface area (Å²) in [4.78, 5) is 2.69. The molecule has 135 heavy (non-hydrogen) atoms. The molecule has 0 bridgehead atoms. The van der Waals surface area contributed by atoms with Crippen molar-refractivity contribution in [3.8, 4) is 89.0 Å². The maximum absolute atomic E-state index is 7.78. The maximum Gasteiger partial charge on any atom is 0.144 e. The van der Waals surface area contributed by atoms with E-state index in [1.807, 2.05) is 0 Å². The average molecular weight is 1780 g/mol. The first kappa shape index (κ1) is 90.7. The molecule has 6 aliphatic carbocycles. The molecule has 2 heterocycles. The molecule has 21 rings (SSSR count). The quantitative estimate of drug-likeness (QED) is 0.0358. The fourth-order valence-corrected chi connectivity index (χ4v) is 27.6. The minimum atomic E-state index is -0.340. The summed E-state index contributed by atoms with van der Waals surface area (Å²) in [5.74, 6) is 0. The number of fused-ring (bicyclic) bond motifs is 28. The Kier molecular flexibility index (Phi) is 25.1. The van der Waals surface area contributed by atoms with Gasteiger partial charge < -0.3 is 13.7 Å². The topological polar surface area (TPSA) is 29.5 Å². The summed E-state index contributed by atoms with van der Waals surface area (Å²) in [6.45, 7) is 29.1. The van der Waals surface area contributed by atoms with Crippen LogP contribution in [0.5, 0.6) is 0 Å². The molecule has 0 spiro atoms. The first-order chi connectivity index (χ1) is 66.0. The molecule has 6 aliphatic rings. The minimum Gasteiger partial charge on any atom is -0.456 e. The average Bonchev–Trinajstić information content (AvgIpc) is 1.49. The van der Waals surface area contributed by atoms with Gasteiger partial charge in [-0.1, -0.05) is 427 Å². The summed E-state index contributed by atoms with van der Waals surface area (Å²) >= 11 is 0. The summed E-state index contributed by atoms with van der Waals surface area (Å²) in [5.41, 5.74) is 46.1. The van der Waals surface area contributed by atoms with Crippen molar-refractivity contribution in [1.82, 2.24) is 0 Å². The molecular formula is C132H147NO2. The minimum absolute atomic E-state index is 0.0290. The van der Waals surface area contributed by atoms with Gasteiger partial charge in [0.25, 0.3) is 0 Å². The van der Waals surface area contributed by atoms with Crippen LogP contribution in [0.3, 0.4) is 0 Å². The largest absolute Gasteiger partial charge is 0.456 e. The lowest BCUT2D eigenvalue weighted by Crippen LogP contribution is -2.33. The van der Waals surface area contributed by atoms with Crippen LogP contribution in [0.15, 0.2) is 245 Å². The molecule has 0 radical (unpaired) electrons. The number of hydrogen-bond donors (Lipinski definition) is 0. The first-order valence-corrected chi connectivity index (χ1v) is 54.0. The van der Waals surface area contributed by atoms with Gasteiger partial charge >= 0.3 is 0 Å². The number of rotatable bonds is 41. The molecule has 2 aromatic heterocycles. The van der Waals surface area contributed by atoms with Crippen molar-refractivity contribution >= 4 is 60.9 Å². The Labute approximate surface area is 808 Å². The SMILES string of the molecule is CCCCCCCC1(CCCCCCC)c2ccccc2-c2ccc(-c3ccc4c(c3)C(C)(C)c3cc(-c5ccc(N(c6ccc7c(c6)C(C)(C)c6cc8c(cc6-7)C(C)(C)c6ccc7oc9ccccc9c7c6-8)c6ccc7c(c6)C(CCCCCCC)(CCCCCCC)c6c8c(c9c(oc%10ccccc%109)c6-7)-c6ccccc6C8(CCCCCCC)CCCCCCC)cc5)ccc3-4)cc21. The lowest BCUT2D eigenvalue weighted by atomic mass is 9.62. The van der Waals surface area contributed by atoms with Crippen molar-refractivity contribution in [3.05, 3.63) is 303 Å². The van der Waals surface area contributed by atoms with E-state index in [-0.39, 0.29) is 32.5 Å². The van der Waals surface area contributed by atoms with Crippen molar-refractivity contribution in [2.75, 3.05) is 4.90 Å². The van der Waals surface area contributed by atoms with Crippen LogP contribution in [0, 0.1) is 0 Å². The first-order valence-electron chi connectivity index (χ1n) is 54.0. The fraction of sp³-hybridized carbons (Fsp3) is 0.409. The van der Waals surface area contributed by atoms with Crippen LogP contribution in [-0.2, 0) is 32.5 Å². The van der Waals surface area contributed by atoms with Crippen LogP contribution in [-0.4, -0.2) is 0 Å². The Morgan fingerprint density at radius 3 is 1.10 bits per heavy atom. The number of para-hydroxylation sites is 2. The van der Waals surface area contributed by atoms with Crippen molar-refractivity contribution in [3.63, 3.8) is 0 Å². The fourth-order valence-electron chi connectivity index (χ4n) is 27.6. The molecule has 13 aromatic carbocycles. The second-order valence-corrected chi connectivity index (χ2v) is 44.0. The van der Waals surface area contributed by atoms with Gasteiger partial charge in [0.05, 0.1) is 0 Å². The number of furan rings is 2. The highest BCUT2D eigenvalue weighted by atomic mass is 16.3.